The van der Waals surface area contributed by atoms with E-state index in [9.17, 15) is 18.4 Å². The predicted octanol–water partition coefficient (Wildman–Crippen LogP) is 2.40. The fraction of sp³-hybridized carbons (Fsp3) is 0.235. The quantitative estimate of drug-likeness (QED) is 0.701. The van der Waals surface area contributed by atoms with E-state index >= 15 is 0 Å². The zero-order chi connectivity index (χ0) is 18.7. The fourth-order valence-corrected chi connectivity index (χ4v) is 2.57. The van der Waals surface area contributed by atoms with Gasteiger partial charge in [-0.05, 0) is 31.0 Å². The largest absolute Gasteiger partial charge is 0.442 e. The molecule has 0 bridgehead atoms. The molecule has 0 unspecified atom stereocenters. The lowest BCUT2D eigenvalue weighted by atomic mass is 10.1. The third-order valence-corrected chi connectivity index (χ3v) is 3.75. The Labute approximate surface area is 146 Å². The average Bonchev–Trinajstić information content (AvgIpc) is 2.93. The Hall–Kier alpha value is -3.23. The first-order valence-corrected chi connectivity index (χ1v) is 7.74. The van der Waals surface area contributed by atoms with Crippen LogP contribution in [-0.4, -0.2) is 29.0 Å². The van der Waals surface area contributed by atoms with Crippen molar-refractivity contribution in [3.63, 3.8) is 0 Å². The standard InChI is InChI=1S/C17H15F2N3O4/c1-9-12(13-15(24)21-8-22-16(13)25-9)14(23)20-7-6-10-2-4-11(5-3-10)26-17(18)19/h2-5,8,17H,6-7H2,1H3,(H,20,23)(H,21,22,24). The van der Waals surface area contributed by atoms with Gasteiger partial charge in [-0.3, -0.25) is 9.59 Å². The van der Waals surface area contributed by atoms with Crippen LogP contribution < -0.4 is 15.6 Å². The molecule has 0 saturated heterocycles. The van der Waals surface area contributed by atoms with Crippen molar-refractivity contribution in [3.05, 3.63) is 57.8 Å². The number of alkyl halides is 2. The number of furan rings is 1. The smallest absolute Gasteiger partial charge is 0.387 e. The molecule has 0 fully saturated rings. The number of H-pyrrole nitrogens is 1. The van der Waals surface area contributed by atoms with Gasteiger partial charge in [0.1, 0.15) is 16.9 Å². The Morgan fingerprint density at radius 1 is 1.35 bits per heavy atom. The first-order chi connectivity index (χ1) is 12.5. The highest BCUT2D eigenvalue weighted by atomic mass is 19.3. The second-order valence-electron chi connectivity index (χ2n) is 5.47. The topological polar surface area (TPSA) is 97.2 Å². The summed E-state index contributed by atoms with van der Waals surface area (Å²) in [6, 6.07) is 6.14. The van der Waals surface area contributed by atoms with Gasteiger partial charge in [-0.2, -0.15) is 8.78 Å². The summed E-state index contributed by atoms with van der Waals surface area (Å²) >= 11 is 0. The number of aryl methyl sites for hydroxylation is 1. The van der Waals surface area contributed by atoms with E-state index in [0.29, 0.717) is 12.2 Å². The van der Waals surface area contributed by atoms with Gasteiger partial charge < -0.3 is 19.5 Å². The van der Waals surface area contributed by atoms with E-state index in [2.05, 4.69) is 20.0 Å². The van der Waals surface area contributed by atoms with Gasteiger partial charge in [-0.1, -0.05) is 12.1 Å². The van der Waals surface area contributed by atoms with E-state index in [1.54, 1.807) is 19.1 Å². The van der Waals surface area contributed by atoms with Crippen LogP contribution in [0.3, 0.4) is 0 Å². The van der Waals surface area contributed by atoms with Crippen LogP contribution in [0.1, 0.15) is 21.7 Å². The number of aromatic nitrogens is 2. The Bertz CT molecular complexity index is 980. The average molecular weight is 363 g/mol. The number of hydrogen-bond acceptors (Lipinski definition) is 5. The molecule has 0 atom stereocenters. The van der Waals surface area contributed by atoms with Gasteiger partial charge in [-0.15, -0.1) is 0 Å². The Kier molecular flexibility index (Phi) is 4.97. The van der Waals surface area contributed by atoms with E-state index in [0.717, 1.165) is 5.56 Å². The molecule has 0 aliphatic carbocycles. The lowest BCUT2D eigenvalue weighted by Crippen LogP contribution is -2.27. The first kappa shape index (κ1) is 17.6. The number of benzene rings is 1. The molecule has 0 aliphatic heterocycles. The van der Waals surface area contributed by atoms with Crippen LogP contribution in [0, 0.1) is 6.92 Å². The minimum Gasteiger partial charge on any atom is -0.442 e. The lowest BCUT2D eigenvalue weighted by Gasteiger charge is -2.07. The van der Waals surface area contributed by atoms with Gasteiger partial charge in [0.25, 0.3) is 11.5 Å². The number of aromatic amines is 1. The maximum atomic E-state index is 12.4. The number of nitrogens with zero attached hydrogens (tertiary/aromatic N) is 1. The summed E-state index contributed by atoms with van der Waals surface area (Å²) in [6.45, 7) is -0.999. The van der Waals surface area contributed by atoms with E-state index in [-0.39, 0.29) is 29.0 Å². The number of carbonyl (C=O) groups is 1. The molecule has 0 aliphatic rings. The van der Waals surface area contributed by atoms with Gasteiger partial charge in [0.15, 0.2) is 0 Å². The van der Waals surface area contributed by atoms with Crippen LogP contribution in [0.15, 0.2) is 39.8 Å². The van der Waals surface area contributed by atoms with E-state index in [4.69, 9.17) is 4.42 Å². The molecule has 2 heterocycles. The van der Waals surface area contributed by atoms with Crippen LogP contribution in [0.5, 0.6) is 5.75 Å². The molecule has 3 rings (SSSR count). The summed E-state index contributed by atoms with van der Waals surface area (Å²) in [5.41, 5.74) is 0.632. The van der Waals surface area contributed by atoms with Crippen molar-refractivity contribution >= 4 is 17.0 Å². The van der Waals surface area contributed by atoms with Gasteiger partial charge in [-0.25, -0.2) is 4.98 Å². The Morgan fingerprint density at radius 2 is 2.08 bits per heavy atom. The van der Waals surface area contributed by atoms with Crippen molar-refractivity contribution in [1.82, 2.24) is 15.3 Å². The summed E-state index contributed by atoms with van der Waals surface area (Å²) in [5.74, 6) is -0.0763. The highest BCUT2D eigenvalue weighted by molar-refractivity contribution is 6.06. The second-order valence-corrected chi connectivity index (χ2v) is 5.47. The van der Waals surface area contributed by atoms with Gasteiger partial charge >= 0.3 is 6.61 Å². The van der Waals surface area contributed by atoms with Crippen LogP contribution >= 0.6 is 0 Å². The van der Waals surface area contributed by atoms with Gasteiger partial charge in [0.05, 0.1) is 11.9 Å². The molecule has 0 radical (unpaired) electrons. The fourth-order valence-electron chi connectivity index (χ4n) is 2.57. The summed E-state index contributed by atoms with van der Waals surface area (Å²) in [5, 5.41) is 2.82. The predicted molar refractivity (Wildman–Crippen MR) is 88.5 cm³/mol. The SMILES string of the molecule is Cc1oc2nc[nH]c(=O)c2c1C(=O)NCCc1ccc(OC(F)F)cc1. The van der Waals surface area contributed by atoms with E-state index < -0.39 is 18.1 Å². The maximum absolute atomic E-state index is 12.4. The molecule has 2 N–H and O–H groups in total. The number of hydrogen-bond donors (Lipinski definition) is 2. The lowest BCUT2D eigenvalue weighted by molar-refractivity contribution is -0.0498. The Morgan fingerprint density at radius 3 is 2.77 bits per heavy atom. The van der Waals surface area contributed by atoms with Crippen LogP contribution in [0.4, 0.5) is 8.78 Å². The molecule has 0 saturated carbocycles. The molecular weight excluding hydrogens is 348 g/mol. The second kappa shape index (κ2) is 7.34. The van der Waals surface area contributed by atoms with Crippen molar-refractivity contribution in [2.24, 2.45) is 0 Å². The first-order valence-electron chi connectivity index (χ1n) is 7.74. The molecule has 2 aromatic heterocycles. The van der Waals surface area contributed by atoms with Crippen molar-refractivity contribution in [3.8, 4) is 5.75 Å². The molecule has 136 valence electrons. The molecule has 9 heteroatoms. The van der Waals surface area contributed by atoms with Crippen molar-refractivity contribution in [2.75, 3.05) is 6.54 Å². The minimum atomic E-state index is -2.87. The molecule has 0 spiro atoms. The van der Waals surface area contributed by atoms with Crippen molar-refractivity contribution in [1.29, 1.82) is 0 Å². The summed E-state index contributed by atoms with van der Waals surface area (Å²) in [6.07, 6.45) is 1.68. The Balaban J connectivity index is 1.65. The number of halogens is 2. The maximum Gasteiger partial charge on any atom is 0.387 e. The van der Waals surface area contributed by atoms with Crippen LogP contribution in [0.25, 0.3) is 11.1 Å². The van der Waals surface area contributed by atoms with Crippen LogP contribution in [0.2, 0.25) is 0 Å². The monoisotopic (exact) mass is 363 g/mol. The highest BCUT2D eigenvalue weighted by Gasteiger charge is 2.21. The number of carbonyl (C=O) groups excluding carboxylic acids is 1. The summed E-state index contributed by atoms with van der Waals surface area (Å²) in [4.78, 5) is 30.6. The van der Waals surface area contributed by atoms with E-state index in [1.807, 2.05) is 0 Å². The molecule has 26 heavy (non-hydrogen) atoms. The molecule has 1 amide bonds. The molecular formula is C17H15F2N3O4. The molecule has 3 aromatic rings. The summed E-state index contributed by atoms with van der Waals surface area (Å²) in [7, 11) is 0. The third kappa shape index (κ3) is 3.71. The minimum absolute atomic E-state index is 0.0694. The molecule has 7 nitrogen and oxygen atoms in total. The van der Waals surface area contributed by atoms with E-state index in [1.165, 1.54) is 18.5 Å². The van der Waals surface area contributed by atoms with Crippen LogP contribution in [-0.2, 0) is 6.42 Å². The number of rotatable bonds is 6. The highest BCUT2D eigenvalue weighted by Crippen LogP contribution is 2.20. The zero-order valence-electron chi connectivity index (χ0n) is 13.7. The normalized spacial score (nSPS) is 11.1. The third-order valence-electron chi connectivity index (χ3n) is 3.75. The zero-order valence-corrected chi connectivity index (χ0v) is 13.7. The number of amides is 1. The van der Waals surface area contributed by atoms with Gasteiger partial charge in [0, 0.05) is 6.54 Å². The summed E-state index contributed by atoms with van der Waals surface area (Å²) < 4.78 is 33.8. The van der Waals surface area contributed by atoms with Gasteiger partial charge in [0.2, 0.25) is 5.71 Å². The number of ether oxygens (including phenoxy) is 1. The number of nitrogens with one attached hydrogen (secondary N) is 2. The number of fused-ring (bicyclic) bond motifs is 1. The van der Waals surface area contributed by atoms with Crippen molar-refractivity contribution < 1.29 is 22.7 Å². The molecule has 1 aromatic carbocycles. The van der Waals surface area contributed by atoms with Crippen molar-refractivity contribution in [2.45, 2.75) is 20.0 Å².